The number of carbonyl (C=O) groups is 1. The first-order chi connectivity index (χ1) is 9.13. The summed E-state index contributed by atoms with van der Waals surface area (Å²) in [5.74, 6) is 0. The van der Waals surface area contributed by atoms with Crippen molar-refractivity contribution < 1.29 is 9.53 Å². The summed E-state index contributed by atoms with van der Waals surface area (Å²) in [6.45, 7) is 9.44. The van der Waals surface area contributed by atoms with E-state index in [2.05, 4.69) is 10.2 Å². The van der Waals surface area contributed by atoms with E-state index in [1.165, 1.54) is 4.57 Å². The van der Waals surface area contributed by atoms with Crippen molar-refractivity contribution in [2.75, 3.05) is 0 Å². The van der Waals surface area contributed by atoms with Gasteiger partial charge >= 0.3 is 6.09 Å². The molecular weight excluding hydrogens is 290 g/mol. The Kier molecular flexibility index (Phi) is 3.73. The molecular formula is C15H17ClNO2Si. The normalized spacial score (nSPS) is 11.9. The number of benzene rings is 1. The molecule has 0 unspecified atom stereocenters. The Labute approximate surface area is 127 Å². The molecule has 0 bridgehead atoms. The standard InChI is InChI=1S/C15H17ClNO2Si/c1-8-10(16)6-7-11-12(8)9(2)13(20)17(11)14(18)19-15(3,4)5/h6-7H,1-5H3. The molecule has 5 heteroatoms. The number of aryl methyl sites for hydroxylation is 2. The summed E-state index contributed by atoms with van der Waals surface area (Å²) >= 11 is 6.17. The van der Waals surface area contributed by atoms with Gasteiger partial charge in [-0.25, -0.2) is 4.79 Å². The third kappa shape index (κ3) is 2.50. The van der Waals surface area contributed by atoms with E-state index in [1.54, 1.807) is 6.07 Å². The van der Waals surface area contributed by atoms with Gasteiger partial charge < -0.3 is 4.74 Å². The summed E-state index contributed by atoms with van der Waals surface area (Å²) in [5, 5.41) is 2.36. The molecule has 2 rings (SSSR count). The van der Waals surface area contributed by atoms with Crippen molar-refractivity contribution >= 4 is 44.2 Å². The van der Waals surface area contributed by atoms with Gasteiger partial charge in [0, 0.05) is 15.7 Å². The lowest BCUT2D eigenvalue weighted by atomic mass is 10.1. The first kappa shape index (κ1) is 15.1. The van der Waals surface area contributed by atoms with Crippen molar-refractivity contribution in [3.63, 3.8) is 0 Å². The van der Waals surface area contributed by atoms with Gasteiger partial charge in [0.1, 0.15) is 5.60 Å². The predicted molar refractivity (Wildman–Crippen MR) is 83.4 cm³/mol. The zero-order valence-electron chi connectivity index (χ0n) is 12.3. The first-order valence-corrected chi connectivity index (χ1v) is 7.26. The van der Waals surface area contributed by atoms with Gasteiger partial charge in [-0.05, 0) is 57.9 Å². The SMILES string of the molecule is Cc1c(Cl)ccc2c1c(C)c([Si])n2C(=O)OC(C)(C)C. The minimum absolute atomic E-state index is 0.401. The third-order valence-electron chi connectivity index (χ3n) is 3.15. The van der Waals surface area contributed by atoms with Crippen molar-refractivity contribution in [2.24, 2.45) is 0 Å². The number of nitrogens with zero attached hydrogens (tertiary/aromatic N) is 1. The molecule has 0 amide bonds. The van der Waals surface area contributed by atoms with Crippen LogP contribution in [0.2, 0.25) is 5.02 Å². The second-order valence-electron chi connectivity index (χ2n) is 5.86. The van der Waals surface area contributed by atoms with Gasteiger partial charge in [-0.15, -0.1) is 0 Å². The largest absolute Gasteiger partial charge is 0.443 e. The van der Waals surface area contributed by atoms with Gasteiger partial charge in [0.25, 0.3) is 0 Å². The van der Waals surface area contributed by atoms with Gasteiger partial charge in [0.05, 0.1) is 15.8 Å². The van der Waals surface area contributed by atoms with E-state index in [9.17, 15) is 4.79 Å². The summed E-state index contributed by atoms with van der Waals surface area (Å²) < 4.78 is 6.99. The van der Waals surface area contributed by atoms with Crippen LogP contribution >= 0.6 is 11.6 Å². The second kappa shape index (κ2) is 4.93. The van der Waals surface area contributed by atoms with Gasteiger partial charge in [-0.3, -0.25) is 4.57 Å². The number of halogens is 1. The Hall–Kier alpha value is -1.26. The number of carbonyl (C=O) groups excluding carboxylic acids is 1. The molecule has 2 aromatic rings. The van der Waals surface area contributed by atoms with Crippen molar-refractivity contribution in [3.8, 4) is 0 Å². The molecule has 3 radical (unpaired) electrons. The van der Waals surface area contributed by atoms with E-state index in [1.807, 2.05) is 40.7 Å². The highest BCUT2D eigenvalue weighted by atomic mass is 35.5. The summed E-state index contributed by atoms with van der Waals surface area (Å²) in [5.41, 5.74) is 2.19. The van der Waals surface area contributed by atoms with Crippen LogP contribution in [0.1, 0.15) is 31.9 Å². The molecule has 1 heterocycles. The van der Waals surface area contributed by atoms with Crippen LogP contribution in [0, 0.1) is 13.8 Å². The fourth-order valence-corrected chi connectivity index (χ4v) is 2.73. The Morgan fingerprint density at radius 2 is 1.85 bits per heavy atom. The van der Waals surface area contributed by atoms with Crippen LogP contribution in [0.4, 0.5) is 4.79 Å². The summed E-state index contributed by atoms with van der Waals surface area (Å²) in [6.07, 6.45) is -0.401. The van der Waals surface area contributed by atoms with Crippen LogP contribution in [0.15, 0.2) is 12.1 Å². The highest BCUT2D eigenvalue weighted by Gasteiger charge is 2.23. The summed E-state index contributed by atoms with van der Waals surface area (Å²) in [4.78, 5) is 12.4. The van der Waals surface area contributed by atoms with Crippen LogP contribution in [0.3, 0.4) is 0 Å². The molecule has 0 spiro atoms. The van der Waals surface area contributed by atoms with Crippen molar-refractivity contribution in [1.29, 1.82) is 0 Å². The van der Waals surface area contributed by atoms with Gasteiger partial charge in [0.15, 0.2) is 0 Å². The number of rotatable bonds is 0. The van der Waals surface area contributed by atoms with E-state index < -0.39 is 11.7 Å². The molecule has 0 saturated heterocycles. The van der Waals surface area contributed by atoms with E-state index in [4.69, 9.17) is 16.3 Å². The van der Waals surface area contributed by atoms with E-state index in [0.717, 1.165) is 22.0 Å². The minimum atomic E-state index is -0.540. The predicted octanol–water partition coefficient (Wildman–Crippen LogP) is 3.49. The maximum atomic E-state index is 12.4. The fourth-order valence-electron chi connectivity index (χ4n) is 2.24. The molecule has 105 valence electrons. The Morgan fingerprint density at radius 1 is 1.25 bits per heavy atom. The molecule has 0 atom stereocenters. The number of hydrogen-bond acceptors (Lipinski definition) is 2. The molecule has 1 aromatic heterocycles. The lowest BCUT2D eigenvalue weighted by Crippen LogP contribution is -2.32. The van der Waals surface area contributed by atoms with Gasteiger partial charge in [-0.1, -0.05) is 11.6 Å². The smallest absolute Gasteiger partial charge is 0.418 e. The Morgan fingerprint density at radius 3 is 2.40 bits per heavy atom. The average Bonchev–Trinajstić information content (AvgIpc) is 2.55. The highest BCUT2D eigenvalue weighted by molar-refractivity contribution is 6.36. The van der Waals surface area contributed by atoms with E-state index >= 15 is 0 Å². The molecule has 0 aliphatic rings. The number of hydrogen-bond donors (Lipinski definition) is 0. The number of ether oxygens (including phenoxy) is 1. The molecule has 0 fully saturated rings. The maximum Gasteiger partial charge on any atom is 0.418 e. The van der Waals surface area contributed by atoms with Crippen LogP contribution in [0.25, 0.3) is 10.9 Å². The van der Waals surface area contributed by atoms with Gasteiger partial charge in [0.2, 0.25) is 0 Å². The highest BCUT2D eigenvalue weighted by Crippen LogP contribution is 2.28. The van der Waals surface area contributed by atoms with E-state index in [-0.39, 0.29) is 0 Å². The topological polar surface area (TPSA) is 31.2 Å². The second-order valence-corrected chi connectivity index (χ2v) is 6.74. The Bertz CT molecular complexity index is 698. The molecule has 20 heavy (non-hydrogen) atoms. The monoisotopic (exact) mass is 306 g/mol. The fraction of sp³-hybridized carbons (Fsp3) is 0.400. The Balaban J connectivity index is 2.69. The van der Waals surface area contributed by atoms with Crippen LogP contribution in [-0.2, 0) is 4.74 Å². The number of fused-ring (bicyclic) bond motifs is 1. The average molecular weight is 307 g/mol. The first-order valence-electron chi connectivity index (χ1n) is 6.38. The molecule has 0 aliphatic heterocycles. The lowest BCUT2D eigenvalue weighted by molar-refractivity contribution is 0.0549. The van der Waals surface area contributed by atoms with Crippen LogP contribution in [0.5, 0.6) is 0 Å². The third-order valence-corrected chi connectivity index (χ3v) is 4.16. The van der Waals surface area contributed by atoms with E-state index in [0.29, 0.717) is 10.3 Å². The minimum Gasteiger partial charge on any atom is -0.443 e. The molecule has 0 aliphatic carbocycles. The lowest BCUT2D eigenvalue weighted by Gasteiger charge is -2.20. The quantitative estimate of drug-likeness (QED) is 0.698. The summed E-state index contributed by atoms with van der Waals surface area (Å²) in [6, 6.07) is 3.64. The number of aromatic nitrogens is 1. The van der Waals surface area contributed by atoms with Crippen molar-refractivity contribution in [1.82, 2.24) is 4.57 Å². The molecule has 0 N–H and O–H groups in total. The zero-order valence-corrected chi connectivity index (χ0v) is 14.1. The van der Waals surface area contributed by atoms with Gasteiger partial charge in [-0.2, -0.15) is 0 Å². The van der Waals surface area contributed by atoms with Crippen molar-refractivity contribution in [2.45, 2.75) is 40.2 Å². The summed E-state index contributed by atoms with van der Waals surface area (Å²) in [7, 11) is 3.54. The molecule has 0 saturated carbocycles. The van der Waals surface area contributed by atoms with Crippen LogP contribution < -0.4 is 5.32 Å². The molecule has 1 aromatic carbocycles. The maximum absolute atomic E-state index is 12.4. The van der Waals surface area contributed by atoms with Crippen molar-refractivity contribution in [3.05, 3.63) is 28.3 Å². The zero-order chi connectivity index (χ0) is 15.2. The van der Waals surface area contributed by atoms with Crippen LogP contribution in [-0.4, -0.2) is 26.5 Å². The molecule has 3 nitrogen and oxygen atoms in total.